The minimum absolute atomic E-state index is 0.284. The Bertz CT molecular complexity index is 611. The van der Waals surface area contributed by atoms with Crippen molar-refractivity contribution in [2.24, 2.45) is 0 Å². The van der Waals surface area contributed by atoms with E-state index in [-0.39, 0.29) is 5.92 Å². The van der Waals surface area contributed by atoms with Crippen molar-refractivity contribution in [1.82, 2.24) is 15.0 Å². The Labute approximate surface area is 130 Å². The Morgan fingerprint density at radius 3 is 2.68 bits per heavy atom. The molecule has 1 aromatic heterocycles. The van der Waals surface area contributed by atoms with Gasteiger partial charge in [-0.15, -0.1) is 0 Å². The molecular formula is C17H21N3O2. The number of likely N-dealkylation sites (tertiary alicyclic amines) is 1. The van der Waals surface area contributed by atoms with Gasteiger partial charge in [0.2, 0.25) is 0 Å². The van der Waals surface area contributed by atoms with Crippen molar-refractivity contribution in [3.05, 3.63) is 35.7 Å². The molecule has 5 heteroatoms. The van der Waals surface area contributed by atoms with E-state index in [1.165, 1.54) is 31.5 Å². The Kier molecular flexibility index (Phi) is 3.91. The lowest BCUT2D eigenvalue weighted by Gasteiger charge is -2.14. The summed E-state index contributed by atoms with van der Waals surface area (Å²) in [6.45, 7) is 4.97. The van der Waals surface area contributed by atoms with E-state index in [4.69, 9.17) is 9.26 Å². The van der Waals surface area contributed by atoms with Crippen LogP contribution < -0.4 is 0 Å². The second-order valence-corrected chi connectivity index (χ2v) is 6.20. The van der Waals surface area contributed by atoms with Crippen molar-refractivity contribution < 1.29 is 9.26 Å². The summed E-state index contributed by atoms with van der Waals surface area (Å²) in [5.41, 5.74) is 2.33. The lowest BCUT2D eigenvalue weighted by atomic mass is 10.1. The molecule has 0 aliphatic carbocycles. The van der Waals surface area contributed by atoms with Gasteiger partial charge in [-0.05, 0) is 50.0 Å². The van der Waals surface area contributed by atoms with E-state index in [9.17, 15) is 0 Å². The van der Waals surface area contributed by atoms with Crippen LogP contribution in [0.15, 0.2) is 28.8 Å². The Morgan fingerprint density at radius 1 is 1.14 bits per heavy atom. The summed E-state index contributed by atoms with van der Waals surface area (Å²) in [6, 6.07) is 8.48. The number of ether oxygens (including phenoxy) is 1. The summed E-state index contributed by atoms with van der Waals surface area (Å²) < 4.78 is 10.8. The van der Waals surface area contributed by atoms with E-state index in [1.807, 2.05) is 0 Å². The molecule has 0 radical (unpaired) electrons. The monoisotopic (exact) mass is 299 g/mol. The second kappa shape index (κ2) is 6.18. The summed E-state index contributed by atoms with van der Waals surface area (Å²) in [6.07, 6.45) is 3.63. The molecular weight excluding hydrogens is 278 g/mol. The van der Waals surface area contributed by atoms with Crippen molar-refractivity contribution in [1.29, 1.82) is 0 Å². The van der Waals surface area contributed by atoms with Gasteiger partial charge < -0.3 is 9.26 Å². The molecule has 2 aliphatic heterocycles. The third-order valence-electron chi connectivity index (χ3n) is 4.54. The minimum Gasteiger partial charge on any atom is -0.381 e. The average molecular weight is 299 g/mol. The maximum Gasteiger partial charge on any atom is 0.257 e. The highest BCUT2D eigenvalue weighted by Gasteiger charge is 2.23. The maximum atomic E-state index is 5.41. The molecule has 3 heterocycles. The van der Waals surface area contributed by atoms with Gasteiger partial charge in [-0.25, -0.2) is 0 Å². The molecule has 116 valence electrons. The molecule has 2 aromatic rings. The fraction of sp³-hybridized carbons (Fsp3) is 0.529. The van der Waals surface area contributed by atoms with Crippen LogP contribution in [0, 0.1) is 0 Å². The van der Waals surface area contributed by atoms with Gasteiger partial charge in [0, 0.05) is 24.6 Å². The molecule has 4 rings (SSSR count). The number of hydrogen-bond donors (Lipinski definition) is 0. The predicted octanol–water partition coefficient (Wildman–Crippen LogP) is 2.84. The van der Waals surface area contributed by atoms with E-state index in [0.717, 1.165) is 31.0 Å². The molecule has 2 saturated heterocycles. The molecule has 22 heavy (non-hydrogen) atoms. The standard InChI is InChI=1S/C17H21N3O2/c1-2-9-20(8-1)11-13-3-5-14(6-4-13)17-18-16(19-22-17)15-7-10-21-12-15/h3-6,15H,1-2,7-12H2/t15-/m1/s1. The van der Waals surface area contributed by atoms with Gasteiger partial charge in [-0.2, -0.15) is 4.98 Å². The van der Waals surface area contributed by atoms with E-state index < -0.39 is 0 Å². The fourth-order valence-electron chi connectivity index (χ4n) is 3.21. The van der Waals surface area contributed by atoms with Crippen LogP contribution >= 0.6 is 0 Å². The molecule has 0 saturated carbocycles. The first-order valence-electron chi connectivity index (χ1n) is 8.11. The number of hydrogen-bond acceptors (Lipinski definition) is 5. The van der Waals surface area contributed by atoms with Gasteiger partial charge >= 0.3 is 0 Å². The molecule has 2 fully saturated rings. The lowest BCUT2D eigenvalue weighted by molar-refractivity contribution is 0.192. The van der Waals surface area contributed by atoms with Gasteiger partial charge in [0.05, 0.1) is 6.61 Å². The van der Waals surface area contributed by atoms with Gasteiger partial charge in [0.1, 0.15) is 0 Å². The van der Waals surface area contributed by atoms with Gasteiger partial charge in [-0.1, -0.05) is 17.3 Å². The van der Waals surface area contributed by atoms with Gasteiger partial charge in [-0.3, -0.25) is 4.90 Å². The van der Waals surface area contributed by atoms with E-state index in [2.05, 4.69) is 39.3 Å². The highest BCUT2D eigenvalue weighted by molar-refractivity contribution is 5.53. The van der Waals surface area contributed by atoms with Crippen molar-refractivity contribution in [2.75, 3.05) is 26.3 Å². The Balaban J connectivity index is 1.45. The number of nitrogens with zero attached hydrogens (tertiary/aromatic N) is 3. The number of benzene rings is 1. The molecule has 0 spiro atoms. The van der Waals surface area contributed by atoms with Crippen LogP contribution in [0.25, 0.3) is 11.5 Å². The summed E-state index contributed by atoms with van der Waals surface area (Å²) in [4.78, 5) is 7.03. The normalized spacial score (nSPS) is 22.5. The Hall–Kier alpha value is -1.72. The molecule has 1 atom stereocenters. The molecule has 0 amide bonds. The molecule has 1 aromatic carbocycles. The topological polar surface area (TPSA) is 51.4 Å². The highest BCUT2D eigenvalue weighted by Crippen LogP contribution is 2.26. The zero-order chi connectivity index (χ0) is 14.8. The fourth-order valence-corrected chi connectivity index (χ4v) is 3.21. The first kappa shape index (κ1) is 13.9. The van der Waals surface area contributed by atoms with Crippen molar-refractivity contribution >= 4 is 0 Å². The van der Waals surface area contributed by atoms with E-state index in [1.54, 1.807) is 0 Å². The highest BCUT2D eigenvalue weighted by atomic mass is 16.5. The van der Waals surface area contributed by atoms with Crippen LogP contribution in [-0.2, 0) is 11.3 Å². The third-order valence-corrected chi connectivity index (χ3v) is 4.54. The first-order chi connectivity index (χ1) is 10.9. The Morgan fingerprint density at radius 2 is 1.95 bits per heavy atom. The first-order valence-corrected chi connectivity index (χ1v) is 8.11. The van der Waals surface area contributed by atoms with E-state index in [0.29, 0.717) is 12.5 Å². The van der Waals surface area contributed by atoms with Gasteiger partial charge in [0.25, 0.3) is 5.89 Å². The molecule has 0 N–H and O–H groups in total. The number of rotatable bonds is 4. The average Bonchev–Trinajstić information content (AvgIpc) is 3.30. The van der Waals surface area contributed by atoms with Crippen molar-refractivity contribution in [3.63, 3.8) is 0 Å². The van der Waals surface area contributed by atoms with Crippen LogP contribution in [0.2, 0.25) is 0 Å². The quantitative estimate of drug-likeness (QED) is 0.869. The molecule has 0 bridgehead atoms. The summed E-state index contributed by atoms with van der Waals surface area (Å²) in [5.74, 6) is 1.66. The van der Waals surface area contributed by atoms with Crippen molar-refractivity contribution in [3.8, 4) is 11.5 Å². The van der Waals surface area contributed by atoms with Crippen LogP contribution in [0.1, 0.15) is 36.6 Å². The summed E-state index contributed by atoms with van der Waals surface area (Å²) >= 11 is 0. The molecule has 5 nitrogen and oxygen atoms in total. The van der Waals surface area contributed by atoms with E-state index >= 15 is 0 Å². The molecule has 0 unspecified atom stereocenters. The van der Waals surface area contributed by atoms with Gasteiger partial charge in [0.15, 0.2) is 5.82 Å². The number of aromatic nitrogens is 2. The maximum absolute atomic E-state index is 5.41. The molecule has 2 aliphatic rings. The largest absolute Gasteiger partial charge is 0.381 e. The van der Waals surface area contributed by atoms with Crippen molar-refractivity contribution in [2.45, 2.75) is 31.7 Å². The lowest BCUT2D eigenvalue weighted by Crippen LogP contribution is -2.18. The predicted molar refractivity (Wildman–Crippen MR) is 82.4 cm³/mol. The zero-order valence-corrected chi connectivity index (χ0v) is 12.7. The summed E-state index contributed by atoms with van der Waals surface area (Å²) in [7, 11) is 0. The summed E-state index contributed by atoms with van der Waals surface area (Å²) in [5, 5.41) is 4.11. The second-order valence-electron chi connectivity index (χ2n) is 6.20. The zero-order valence-electron chi connectivity index (χ0n) is 12.7. The van der Waals surface area contributed by atoms with Crippen LogP contribution in [0.3, 0.4) is 0 Å². The smallest absolute Gasteiger partial charge is 0.257 e. The van der Waals surface area contributed by atoms with Crippen LogP contribution in [0.4, 0.5) is 0 Å². The minimum atomic E-state index is 0.284. The van der Waals surface area contributed by atoms with Crippen LogP contribution in [-0.4, -0.2) is 41.3 Å². The third kappa shape index (κ3) is 2.91. The van der Waals surface area contributed by atoms with Crippen LogP contribution in [0.5, 0.6) is 0 Å². The SMILES string of the molecule is c1cc(-c2nc([C@@H]3CCOC3)no2)ccc1CN1CCCC1.